The first-order valence-electron chi connectivity index (χ1n) is 10.6. The van der Waals surface area contributed by atoms with Gasteiger partial charge in [-0.3, -0.25) is 9.78 Å². The number of fused-ring (bicyclic) bond motifs is 1. The van der Waals surface area contributed by atoms with E-state index in [9.17, 15) is 4.79 Å². The summed E-state index contributed by atoms with van der Waals surface area (Å²) in [5, 5.41) is 14.6. The van der Waals surface area contributed by atoms with E-state index in [0.717, 1.165) is 30.0 Å². The second-order valence-corrected chi connectivity index (χ2v) is 7.76. The van der Waals surface area contributed by atoms with E-state index in [1.54, 1.807) is 13.1 Å². The summed E-state index contributed by atoms with van der Waals surface area (Å²) in [6, 6.07) is 9.61. The molecule has 0 aliphatic carbocycles. The van der Waals surface area contributed by atoms with Crippen LogP contribution >= 0.6 is 0 Å². The van der Waals surface area contributed by atoms with Crippen LogP contribution in [-0.4, -0.2) is 37.7 Å². The molecule has 0 bridgehead atoms. The van der Waals surface area contributed by atoms with Crippen molar-refractivity contribution >= 4 is 16.7 Å². The zero-order valence-corrected chi connectivity index (χ0v) is 17.5. The number of carbonyl (C=O) groups is 1. The Morgan fingerprint density at radius 2 is 2.06 bits per heavy atom. The Morgan fingerprint density at radius 1 is 1.19 bits per heavy atom. The Bertz CT molecular complexity index is 1240. The fourth-order valence-electron chi connectivity index (χ4n) is 4.26. The van der Waals surface area contributed by atoms with E-state index in [4.69, 9.17) is 8.94 Å². The van der Waals surface area contributed by atoms with Crippen molar-refractivity contribution in [3.8, 4) is 11.6 Å². The van der Waals surface area contributed by atoms with Crippen LogP contribution in [0.1, 0.15) is 59.9 Å². The quantitative estimate of drug-likeness (QED) is 0.482. The number of pyridine rings is 1. The van der Waals surface area contributed by atoms with Gasteiger partial charge in [0, 0.05) is 24.5 Å². The van der Waals surface area contributed by atoms with Crippen LogP contribution in [0.3, 0.4) is 0 Å². The SMILES string of the molecule is CCc1onc(C)c1C(=O)N1CCCC[C@H]1c1nnc(-c2nccc3ccccc23)o1. The summed E-state index contributed by atoms with van der Waals surface area (Å²) in [6.07, 6.45) is 5.03. The number of carbonyl (C=O) groups excluding carboxylic acids is 1. The number of rotatable bonds is 4. The number of nitrogens with zero attached hydrogens (tertiary/aromatic N) is 5. The molecule has 1 atom stereocenters. The molecule has 0 saturated carbocycles. The highest BCUT2D eigenvalue weighted by Crippen LogP contribution is 2.34. The van der Waals surface area contributed by atoms with Gasteiger partial charge in [0.2, 0.25) is 5.89 Å². The average molecular weight is 417 g/mol. The molecule has 4 aromatic rings. The number of hydrogen-bond acceptors (Lipinski definition) is 7. The predicted octanol–water partition coefficient (Wildman–Crippen LogP) is 4.51. The van der Waals surface area contributed by atoms with E-state index in [2.05, 4.69) is 20.3 Å². The van der Waals surface area contributed by atoms with Gasteiger partial charge in [-0.05, 0) is 37.6 Å². The second-order valence-electron chi connectivity index (χ2n) is 7.76. The van der Waals surface area contributed by atoms with E-state index in [1.165, 1.54) is 0 Å². The topological polar surface area (TPSA) is 98.2 Å². The van der Waals surface area contributed by atoms with Gasteiger partial charge in [0.05, 0.1) is 5.69 Å². The maximum absolute atomic E-state index is 13.4. The van der Waals surface area contributed by atoms with Crippen LogP contribution in [-0.2, 0) is 6.42 Å². The van der Waals surface area contributed by atoms with Gasteiger partial charge in [0.15, 0.2) is 0 Å². The first kappa shape index (κ1) is 19.4. The average Bonchev–Trinajstić information content (AvgIpc) is 3.45. The second kappa shape index (κ2) is 7.94. The molecule has 8 heteroatoms. The molecule has 5 rings (SSSR count). The zero-order chi connectivity index (χ0) is 21.4. The summed E-state index contributed by atoms with van der Waals surface area (Å²) in [4.78, 5) is 19.7. The summed E-state index contributed by atoms with van der Waals surface area (Å²) in [5.41, 5.74) is 1.80. The Kier molecular flexibility index (Phi) is 4.97. The van der Waals surface area contributed by atoms with Crippen molar-refractivity contribution in [2.45, 2.75) is 45.6 Å². The highest BCUT2D eigenvalue weighted by molar-refractivity contribution is 5.96. The van der Waals surface area contributed by atoms with Crippen molar-refractivity contribution in [3.63, 3.8) is 0 Å². The standard InChI is InChI=1S/C23H23N5O3/c1-3-18-19(14(2)27-31-18)23(29)28-13-7-6-10-17(28)21-25-26-22(30-21)20-16-9-5-4-8-15(16)11-12-24-20/h4-5,8-9,11-12,17H,3,6-7,10,13H2,1-2H3/t17-/m0/s1. The highest BCUT2D eigenvalue weighted by atomic mass is 16.5. The maximum Gasteiger partial charge on any atom is 0.267 e. The number of hydrogen-bond donors (Lipinski definition) is 0. The van der Waals surface area contributed by atoms with Crippen LogP contribution < -0.4 is 0 Å². The van der Waals surface area contributed by atoms with Crippen LogP contribution in [0.15, 0.2) is 45.5 Å². The van der Waals surface area contributed by atoms with Crippen LogP contribution in [0.25, 0.3) is 22.4 Å². The van der Waals surface area contributed by atoms with E-state index in [0.29, 0.717) is 47.5 Å². The molecule has 158 valence electrons. The molecule has 0 N–H and O–H groups in total. The van der Waals surface area contributed by atoms with Gasteiger partial charge < -0.3 is 13.8 Å². The predicted molar refractivity (Wildman–Crippen MR) is 113 cm³/mol. The molecular weight excluding hydrogens is 394 g/mol. The lowest BCUT2D eigenvalue weighted by Gasteiger charge is -2.33. The molecule has 1 saturated heterocycles. The fraction of sp³-hybridized carbons (Fsp3) is 0.348. The van der Waals surface area contributed by atoms with E-state index in [1.807, 2.05) is 42.2 Å². The minimum absolute atomic E-state index is 0.0941. The number of aryl methyl sites for hydroxylation is 2. The van der Waals surface area contributed by atoms with Crippen molar-refractivity contribution in [1.82, 2.24) is 25.2 Å². The highest BCUT2D eigenvalue weighted by Gasteiger charge is 2.35. The molecule has 1 amide bonds. The third kappa shape index (κ3) is 3.37. The summed E-state index contributed by atoms with van der Waals surface area (Å²) in [7, 11) is 0. The molecule has 1 aliphatic heterocycles. The number of aromatic nitrogens is 4. The minimum Gasteiger partial charge on any atom is -0.417 e. The summed E-state index contributed by atoms with van der Waals surface area (Å²) < 4.78 is 11.4. The lowest BCUT2D eigenvalue weighted by Crippen LogP contribution is -2.39. The number of likely N-dealkylation sites (tertiary alicyclic amines) is 1. The van der Waals surface area contributed by atoms with Gasteiger partial charge in [0.1, 0.15) is 23.1 Å². The zero-order valence-electron chi connectivity index (χ0n) is 17.5. The Balaban J connectivity index is 1.50. The van der Waals surface area contributed by atoms with E-state index in [-0.39, 0.29) is 11.9 Å². The Labute approximate surface area is 179 Å². The van der Waals surface area contributed by atoms with Crippen LogP contribution in [0.2, 0.25) is 0 Å². The summed E-state index contributed by atoms with van der Waals surface area (Å²) in [6.45, 7) is 4.37. The lowest BCUT2D eigenvalue weighted by molar-refractivity contribution is 0.0569. The van der Waals surface area contributed by atoms with Gasteiger partial charge in [0.25, 0.3) is 11.8 Å². The minimum atomic E-state index is -0.281. The summed E-state index contributed by atoms with van der Waals surface area (Å²) >= 11 is 0. The molecule has 0 spiro atoms. The third-order valence-corrected chi connectivity index (χ3v) is 5.83. The monoisotopic (exact) mass is 417 g/mol. The van der Waals surface area contributed by atoms with Gasteiger partial charge in [-0.25, -0.2) is 0 Å². The molecular formula is C23H23N5O3. The fourth-order valence-corrected chi connectivity index (χ4v) is 4.26. The molecule has 1 fully saturated rings. The Hall–Kier alpha value is -3.55. The molecule has 4 heterocycles. The molecule has 31 heavy (non-hydrogen) atoms. The summed E-state index contributed by atoms with van der Waals surface area (Å²) in [5.74, 6) is 1.31. The van der Waals surface area contributed by atoms with Gasteiger partial charge >= 0.3 is 0 Å². The largest absolute Gasteiger partial charge is 0.417 e. The van der Waals surface area contributed by atoms with Crippen molar-refractivity contribution < 1.29 is 13.7 Å². The molecule has 8 nitrogen and oxygen atoms in total. The lowest BCUT2D eigenvalue weighted by atomic mass is 10.00. The van der Waals surface area contributed by atoms with Gasteiger partial charge in [-0.1, -0.05) is 36.3 Å². The van der Waals surface area contributed by atoms with Gasteiger partial charge in [-0.2, -0.15) is 0 Å². The maximum atomic E-state index is 13.4. The number of piperidine rings is 1. The molecule has 1 aromatic carbocycles. The van der Waals surface area contributed by atoms with E-state index >= 15 is 0 Å². The molecule has 0 unspecified atom stereocenters. The van der Waals surface area contributed by atoms with Crippen molar-refractivity contribution in [2.24, 2.45) is 0 Å². The smallest absolute Gasteiger partial charge is 0.267 e. The first-order valence-corrected chi connectivity index (χ1v) is 10.6. The molecule has 0 radical (unpaired) electrons. The van der Waals surface area contributed by atoms with Crippen LogP contribution in [0.5, 0.6) is 0 Å². The Morgan fingerprint density at radius 3 is 2.94 bits per heavy atom. The normalized spacial score (nSPS) is 16.7. The molecule has 1 aliphatic rings. The number of amides is 1. The van der Waals surface area contributed by atoms with E-state index < -0.39 is 0 Å². The van der Waals surface area contributed by atoms with Crippen molar-refractivity contribution in [1.29, 1.82) is 0 Å². The van der Waals surface area contributed by atoms with Crippen molar-refractivity contribution in [2.75, 3.05) is 6.54 Å². The van der Waals surface area contributed by atoms with Crippen LogP contribution in [0.4, 0.5) is 0 Å². The van der Waals surface area contributed by atoms with Crippen molar-refractivity contribution in [3.05, 3.63) is 59.4 Å². The molecule has 3 aromatic heterocycles. The van der Waals surface area contributed by atoms with Gasteiger partial charge in [-0.15, -0.1) is 10.2 Å². The third-order valence-electron chi connectivity index (χ3n) is 5.83. The first-order chi connectivity index (χ1) is 15.2. The number of benzene rings is 1. The van der Waals surface area contributed by atoms with Crippen LogP contribution in [0, 0.1) is 6.92 Å².